The van der Waals surface area contributed by atoms with Crippen LogP contribution in [0.4, 0.5) is 4.79 Å². The summed E-state index contributed by atoms with van der Waals surface area (Å²) in [6.45, 7) is 5.74. The van der Waals surface area contributed by atoms with Gasteiger partial charge < -0.3 is 4.74 Å². The smallest absolute Gasteiger partial charge is 0.409 e. The molecule has 0 N–H and O–H groups in total. The van der Waals surface area contributed by atoms with Gasteiger partial charge in [0.2, 0.25) is 0 Å². The summed E-state index contributed by atoms with van der Waals surface area (Å²) in [6, 6.07) is 3.88. The van der Waals surface area contributed by atoms with Gasteiger partial charge >= 0.3 is 5.43 Å². The van der Waals surface area contributed by atoms with Gasteiger partial charge in [-0.25, -0.2) is 4.79 Å². The lowest BCUT2D eigenvalue weighted by Crippen LogP contribution is -2.01. The molecule has 0 bridgehead atoms. The molecule has 70 valence electrons. The third-order valence-corrected chi connectivity index (χ3v) is 2.13. The van der Waals surface area contributed by atoms with Crippen molar-refractivity contribution < 1.29 is 9.53 Å². The Hall–Kier alpha value is -1.02. The van der Waals surface area contributed by atoms with Crippen LogP contribution in [-0.2, 0) is 0 Å². The van der Waals surface area contributed by atoms with Gasteiger partial charge in [0.25, 0.3) is 0 Å². The summed E-state index contributed by atoms with van der Waals surface area (Å²) < 4.78 is 4.88. The van der Waals surface area contributed by atoms with Gasteiger partial charge in [0, 0.05) is 11.6 Å². The van der Waals surface area contributed by atoms with Crippen molar-refractivity contribution in [1.29, 1.82) is 0 Å². The van der Waals surface area contributed by atoms with Crippen LogP contribution in [0.25, 0.3) is 0 Å². The molecule has 13 heavy (non-hydrogen) atoms. The molecule has 2 nitrogen and oxygen atoms in total. The lowest BCUT2D eigenvalue weighted by atomic mass is 10.1. The predicted octanol–water partition coefficient (Wildman–Crippen LogP) is 3.35. The first-order valence-electron chi connectivity index (χ1n) is 3.96. The third kappa shape index (κ3) is 2.22. The molecule has 1 aromatic carbocycles. The van der Waals surface area contributed by atoms with Crippen LogP contribution in [-0.4, -0.2) is 5.43 Å². The van der Waals surface area contributed by atoms with Gasteiger partial charge in [0.05, 0.1) is 0 Å². The monoisotopic (exact) mass is 198 g/mol. The van der Waals surface area contributed by atoms with Crippen LogP contribution >= 0.6 is 11.6 Å². The van der Waals surface area contributed by atoms with E-state index in [2.05, 4.69) is 0 Å². The summed E-state index contributed by atoms with van der Waals surface area (Å²) in [7, 11) is 0. The summed E-state index contributed by atoms with van der Waals surface area (Å²) in [6.07, 6.45) is 0. The molecule has 0 heterocycles. The van der Waals surface area contributed by atoms with Gasteiger partial charge in [-0.15, -0.1) is 0 Å². The second kappa shape index (κ2) is 3.79. The summed E-state index contributed by atoms with van der Waals surface area (Å²) >= 11 is 5.15. The number of rotatable bonds is 1. The molecule has 0 aliphatic rings. The molecular weight excluding hydrogens is 188 g/mol. The van der Waals surface area contributed by atoms with Crippen LogP contribution in [0.5, 0.6) is 5.75 Å². The quantitative estimate of drug-likeness (QED) is 0.647. The highest BCUT2D eigenvalue weighted by Gasteiger charge is 2.08. The zero-order chi connectivity index (χ0) is 10.0. The number of benzene rings is 1. The first kappa shape index (κ1) is 10.1. The number of hydrogen-bond donors (Lipinski definition) is 0. The maximum Gasteiger partial charge on any atom is 0.409 e. The molecule has 0 amide bonds. The average Bonchev–Trinajstić information content (AvgIpc) is 2.05. The van der Waals surface area contributed by atoms with E-state index in [4.69, 9.17) is 16.3 Å². The fourth-order valence-electron chi connectivity index (χ4n) is 1.16. The summed E-state index contributed by atoms with van der Waals surface area (Å²) in [4.78, 5) is 10.6. The van der Waals surface area contributed by atoms with Crippen molar-refractivity contribution in [2.75, 3.05) is 0 Å². The minimum Gasteiger partial charge on any atom is -0.414 e. The molecular formula is C10H11ClO2. The molecule has 3 heteroatoms. The van der Waals surface area contributed by atoms with Crippen molar-refractivity contribution in [2.24, 2.45) is 0 Å². The van der Waals surface area contributed by atoms with Crippen molar-refractivity contribution in [2.45, 2.75) is 20.8 Å². The fraction of sp³-hybridized carbons (Fsp3) is 0.300. The standard InChI is InChI=1S/C10H11ClO2/c1-6-4-5-7(2)9(8(6)3)13-10(11)12/h4-5H,1-3H3. The van der Waals surface area contributed by atoms with Crippen molar-refractivity contribution in [1.82, 2.24) is 0 Å². The van der Waals surface area contributed by atoms with E-state index in [1.807, 2.05) is 32.9 Å². The Morgan fingerprint density at radius 1 is 1.23 bits per heavy atom. The molecule has 1 rings (SSSR count). The molecule has 0 atom stereocenters. The van der Waals surface area contributed by atoms with Crippen LogP contribution < -0.4 is 4.74 Å². The van der Waals surface area contributed by atoms with E-state index in [9.17, 15) is 4.79 Å². The lowest BCUT2D eigenvalue weighted by molar-refractivity contribution is 0.225. The number of hydrogen-bond acceptors (Lipinski definition) is 2. The first-order chi connectivity index (χ1) is 6.02. The molecule has 1 aromatic rings. The van der Waals surface area contributed by atoms with Crippen molar-refractivity contribution in [3.63, 3.8) is 0 Å². The Balaban J connectivity index is 3.17. The Labute approximate surface area is 82.5 Å². The van der Waals surface area contributed by atoms with E-state index in [1.165, 1.54) is 0 Å². The van der Waals surface area contributed by atoms with Gasteiger partial charge in [-0.2, -0.15) is 0 Å². The van der Waals surface area contributed by atoms with E-state index < -0.39 is 5.43 Å². The predicted molar refractivity (Wildman–Crippen MR) is 52.5 cm³/mol. The Morgan fingerprint density at radius 2 is 1.77 bits per heavy atom. The molecule has 0 aromatic heterocycles. The van der Waals surface area contributed by atoms with E-state index in [0.29, 0.717) is 5.75 Å². The average molecular weight is 199 g/mol. The molecule has 0 saturated heterocycles. The van der Waals surface area contributed by atoms with Gasteiger partial charge in [-0.3, -0.25) is 0 Å². The van der Waals surface area contributed by atoms with Crippen molar-refractivity contribution in [3.8, 4) is 5.75 Å². The first-order valence-corrected chi connectivity index (χ1v) is 4.34. The molecule has 0 radical (unpaired) electrons. The van der Waals surface area contributed by atoms with Crippen molar-refractivity contribution >= 4 is 17.0 Å². The normalized spacial score (nSPS) is 9.85. The number of aryl methyl sites for hydroxylation is 2. The topological polar surface area (TPSA) is 26.3 Å². The molecule has 0 aliphatic carbocycles. The van der Waals surface area contributed by atoms with Gasteiger partial charge in [0.15, 0.2) is 0 Å². The summed E-state index contributed by atoms with van der Waals surface area (Å²) in [5.74, 6) is 0.569. The highest BCUT2D eigenvalue weighted by molar-refractivity contribution is 6.61. The largest absolute Gasteiger partial charge is 0.414 e. The highest BCUT2D eigenvalue weighted by Crippen LogP contribution is 2.26. The second-order valence-corrected chi connectivity index (χ2v) is 3.30. The maximum atomic E-state index is 10.6. The van der Waals surface area contributed by atoms with Crippen LogP contribution in [0, 0.1) is 20.8 Å². The SMILES string of the molecule is Cc1ccc(C)c(OC(=O)Cl)c1C. The Bertz CT molecular complexity index is 345. The molecule has 0 aliphatic heterocycles. The van der Waals surface area contributed by atoms with Crippen LogP contribution in [0.15, 0.2) is 12.1 Å². The van der Waals surface area contributed by atoms with E-state index in [1.54, 1.807) is 0 Å². The number of halogens is 1. The Kier molecular flexibility index (Phi) is 2.94. The molecule has 0 fully saturated rings. The minimum absolute atomic E-state index is 0.569. The van der Waals surface area contributed by atoms with E-state index in [-0.39, 0.29) is 0 Å². The fourth-order valence-corrected chi connectivity index (χ4v) is 1.24. The van der Waals surface area contributed by atoms with Gasteiger partial charge in [-0.05, 0) is 37.5 Å². The molecule has 0 unspecified atom stereocenters. The summed E-state index contributed by atoms with van der Waals surface area (Å²) in [5, 5.41) is 0. The van der Waals surface area contributed by atoms with E-state index >= 15 is 0 Å². The van der Waals surface area contributed by atoms with Crippen molar-refractivity contribution in [3.05, 3.63) is 28.8 Å². The third-order valence-electron chi connectivity index (χ3n) is 2.06. The number of ether oxygens (including phenoxy) is 1. The summed E-state index contributed by atoms with van der Waals surface area (Å²) in [5.41, 5.74) is 2.15. The maximum absolute atomic E-state index is 10.6. The zero-order valence-electron chi connectivity index (χ0n) is 7.85. The van der Waals surface area contributed by atoms with Crippen LogP contribution in [0.1, 0.15) is 16.7 Å². The number of carbonyl (C=O) groups is 1. The number of carbonyl (C=O) groups excluding carboxylic acids is 1. The van der Waals surface area contributed by atoms with Gasteiger partial charge in [0.1, 0.15) is 5.75 Å². The second-order valence-electron chi connectivity index (χ2n) is 2.99. The highest BCUT2D eigenvalue weighted by atomic mass is 35.5. The minimum atomic E-state index is -0.795. The van der Waals surface area contributed by atoms with Crippen LogP contribution in [0.3, 0.4) is 0 Å². The van der Waals surface area contributed by atoms with Gasteiger partial charge in [-0.1, -0.05) is 12.1 Å². The zero-order valence-corrected chi connectivity index (χ0v) is 8.61. The van der Waals surface area contributed by atoms with E-state index in [0.717, 1.165) is 16.7 Å². The Morgan fingerprint density at radius 3 is 2.31 bits per heavy atom. The molecule has 0 saturated carbocycles. The van der Waals surface area contributed by atoms with Crippen LogP contribution in [0.2, 0.25) is 0 Å². The lowest BCUT2D eigenvalue weighted by Gasteiger charge is -2.09. The molecule has 0 spiro atoms.